The van der Waals surface area contributed by atoms with Crippen LogP contribution in [0.4, 0.5) is 5.69 Å². The van der Waals surface area contributed by atoms with Crippen LogP contribution in [-0.4, -0.2) is 56.6 Å². The zero-order valence-electron chi connectivity index (χ0n) is 14.1. The molecule has 0 aliphatic heterocycles. The van der Waals surface area contributed by atoms with Crippen LogP contribution in [0.3, 0.4) is 0 Å². The maximum Gasteiger partial charge on any atom is 0.293 e. The predicted molar refractivity (Wildman–Crippen MR) is 80.4 cm³/mol. The topological polar surface area (TPSA) is 106 Å². The predicted octanol–water partition coefficient (Wildman–Crippen LogP) is -0.616. The number of rotatable bonds is 7. The quantitative estimate of drug-likeness (QED) is 0.351. The van der Waals surface area contributed by atoms with Gasteiger partial charge in [0.1, 0.15) is 57.1 Å². The van der Waals surface area contributed by atoms with Gasteiger partial charge in [0.05, 0.1) is 0 Å². The third-order valence-corrected chi connectivity index (χ3v) is 2.03. The summed E-state index contributed by atoms with van der Waals surface area (Å²) in [5, 5.41) is 0. The molecule has 10 nitrogen and oxygen atoms in total. The Morgan fingerprint density at radius 3 is 1.23 bits per heavy atom. The van der Waals surface area contributed by atoms with E-state index in [1.165, 1.54) is 0 Å². The largest absolute Gasteiger partial charge is 0.293 e. The van der Waals surface area contributed by atoms with Crippen molar-refractivity contribution in [1.82, 2.24) is 4.97 Å². The van der Waals surface area contributed by atoms with Crippen molar-refractivity contribution in [2.45, 2.75) is 0 Å². The Morgan fingerprint density at radius 2 is 0.955 bits per heavy atom. The highest BCUT2D eigenvalue weighted by molar-refractivity contribution is 5.36. The lowest BCUT2D eigenvalue weighted by molar-refractivity contribution is -1.24. The minimum atomic E-state index is -0.892. The average Bonchev–Trinajstić information content (AvgIpc) is 2.22. The van der Waals surface area contributed by atoms with Gasteiger partial charge >= 0.3 is 0 Å². The monoisotopic (exact) mass is 319 g/mol. The number of hydrogen-bond donors (Lipinski definition) is 3. The molecule has 0 unspecified atom stereocenters. The molecule has 0 fully saturated rings. The van der Waals surface area contributed by atoms with Gasteiger partial charge in [-0.25, -0.2) is 0 Å². The second-order valence-corrected chi connectivity index (χ2v) is 6.38. The molecule has 6 N–H and O–H groups in total. The van der Waals surface area contributed by atoms with Crippen LogP contribution in [0.15, 0.2) is 30.3 Å². The van der Waals surface area contributed by atoms with Crippen molar-refractivity contribution < 1.29 is 29.1 Å². The lowest BCUT2D eigenvalue weighted by Gasteiger charge is -2.33. The molecule has 0 amide bonds. The summed E-state index contributed by atoms with van der Waals surface area (Å²) in [6.07, 6.45) is 0. The van der Waals surface area contributed by atoms with Crippen LogP contribution >= 0.6 is 0 Å². The molecule has 126 valence electrons. The molecule has 0 bridgehead atoms. The van der Waals surface area contributed by atoms with Gasteiger partial charge in [0.15, 0.2) is 0 Å². The fourth-order valence-electron chi connectivity index (χ4n) is 1.63. The van der Waals surface area contributed by atoms with Crippen molar-refractivity contribution in [3.8, 4) is 0 Å². The summed E-state index contributed by atoms with van der Waals surface area (Å²) in [7, 11) is 9.64. The molecular weight excluding hydrogens is 290 g/mol. The van der Waals surface area contributed by atoms with Gasteiger partial charge in [-0.2, -0.15) is 0 Å². The van der Waals surface area contributed by atoms with Gasteiger partial charge < -0.3 is 0 Å². The Labute approximate surface area is 130 Å². The first-order chi connectivity index (χ1) is 9.73. The van der Waals surface area contributed by atoms with Crippen molar-refractivity contribution in [2.75, 3.05) is 42.3 Å². The van der Waals surface area contributed by atoms with Crippen LogP contribution in [0.2, 0.25) is 0 Å². The minimum absolute atomic E-state index is 0.408. The second kappa shape index (κ2) is 6.14. The number of hydrogen-bond acceptors (Lipinski definition) is 6. The van der Waals surface area contributed by atoms with E-state index in [2.05, 4.69) is 0 Å². The molecule has 0 aliphatic rings. The second-order valence-electron chi connectivity index (χ2n) is 6.38. The molecule has 0 spiro atoms. The Bertz CT molecular complexity index is 435. The highest BCUT2D eigenvalue weighted by Gasteiger charge is 2.58. The van der Waals surface area contributed by atoms with Gasteiger partial charge in [0.25, 0.3) is 10.7 Å². The summed E-state index contributed by atoms with van der Waals surface area (Å²) in [5.74, 6) is 17.8. The number of benzene rings is 1. The van der Waals surface area contributed by atoms with E-state index in [0.29, 0.717) is 5.69 Å². The lowest BCUT2D eigenvalue weighted by Crippen LogP contribution is -2.71. The number of hydroxylamine groups is 6. The van der Waals surface area contributed by atoms with Crippen molar-refractivity contribution in [3.63, 3.8) is 0 Å². The first kappa shape index (κ1) is 18.9. The summed E-state index contributed by atoms with van der Waals surface area (Å²) in [5.41, 5.74) is 0.507. The molecule has 0 saturated heterocycles. The highest BCUT2D eigenvalue weighted by atomic mass is 17.3. The molecule has 1 aromatic carbocycles. The Hall–Kier alpha value is -1.18. The smallest absolute Gasteiger partial charge is 0.143 e. The summed E-state index contributed by atoms with van der Waals surface area (Å²) in [4.78, 5) is 16.5. The van der Waals surface area contributed by atoms with Gasteiger partial charge in [-0.05, 0) is 0 Å². The fraction of sp³-hybridized carbons (Fsp3) is 0.500. The zero-order chi connectivity index (χ0) is 17.2. The molecule has 0 radical (unpaired) electrons. The van der Waals surface area contributed by atoms with E-state index in [0.717, 1.165) is 0 Å². The van der Waals surface area contributed by atoms with Crippen LogP contribution in [0.25, 0.3) is 0 Å². The molecule has 10 heteroatoms. The third-order valence-electron chi connectivity index (χ3n) is 2.03. The molecule has 0 atom stereocenters. The molecule has 0 aliphatic carbocycles. The molecule has 22 heavy (non-hydrogen) atoms. The minimum Gasteiger partial charge on any atom is -0.143 e. The molecule has 1 aromatic rings. The van der Waals surface area contributed by atoms with Gasteiger partial charge in [-0.15, -0.1) is 17.5 Å². The molecule has 0 saturated carbocycles. The summed E-state index contributed by atoms with van der Waals surface area (Å²) >= 11 is 0. The van der Waals surface area contributed by atoms with E-state index in [4.69, 9.17) is 32.3 Å². The van der Waals surface area contributed by atoms with Crippen LogP contribution in [0.1, 0.15) is 0 Å². The van der Waals surface area contributed by atoms with Crippen LogP contribution < -0.4 is 22.5 Å². The van der Waals surface area contributed by atoms with Gasteiger partial charge in [-0.3, -0.25) is 0 Å². The van der Waals surface area contributed by atoms with Crippen molar-refractivity contribution in [3.05, 3.63) is 30.3 Å². The van der Waals surface area contributed by atoms with Gasteiger partial charge in [-0.1, -0.05) is 32.5 Å². The first-order valence-electron chi connectivity index (χ1n) is 6.69. The van der Waals surface area contributed by atoms with Gasteiger partial charge in [0, 0.05) is 12.1 Å². The molecular formula is C12H29N7O3+4. The molecule has 0 heterocycles. The lowest BCUT2D eigenvalue weighted by atomic mass is 10.3. The summed E-state index contributed by atoms with van der Waals surface area (Å²) in [6.45, 7) is 0. The number of quaternary nitrogens is 4. The maximum atomic E-state index is 5.94. The molecule has 0 aromatic heterocycles. The first-order valence-corrected chi connectivity index (χ1v) is 6.69. The highest BCUT2D eigenvalue weighted by Crippen LogP contribution is 2.29. The Morgan fingerprint density at radius 1 is 0.636 bits per heavy atom. The standard InChI is InChI=1S/C12H29N7O3/c1-16(2,13)20-19(21-17(3,4)14,22-18(5,6)15)12-10-8-7-9-11-12/h7-11H,13-15H2,1-6H3/q+4. The van der Waals surface area contributed by atoms with E-state index in [-0.39, 0.29) is 0 Å². The van der Waals surface area contributed by atoms with Crippen LogP contribution in [0, 0.1) is 0 Å². The van der Waals surface area contributed by atoms with E-state index in [1.54, 1.807) is 54.4 Å². The van der Waals surface area contributed by atoms with Gasteiger partial charge in [0.2, 0.25) is 0 Å². The number of nitrogens with two attached hydrogens (primary N) is 3. The summed E-state index contributed by atoms with van der Waals surface area (Å²) < 4.78 is -1.22. The fourth-order valence-corrected chi connectivity index (χ4v) is 1.63. The third kappa shape index (κ3) is 6.29. The van der Waals surface area contributed by atoms with Crippen molar-refractivity contribution in [2.24, 2.45) is 17.5 Å². The Balaban J connectivity index is 3.41. The Kier molecular flexibility index (Phi) is 5.26. The van der Waals surface area contributed by atoms with Crippen LogP contribution in [0.5, 0.6) is 0 Å². The van der Waals surface area contributed by atoms with E-state index in [9.17, 15) is 0 Å². The summed E-state index contributed by atoms with van der Waals surface area (Å²) in [6, 6.07) is 8.97. The SMILES string of the molecule is C[N+](C)(N)O[N+](O[N+](C)(C)N)(O[N+](C)(C)N)c1ccccc1. The van der Waals surface area contributed by atoms with Crippen molar-refractivity contribution >= 4 is 5.69 Å². The average molecular weight is 319 g/mol. The molecule has 1 rings (SSSR count). The van der Waals surface area contributed by atoms with Crippen LogP contribution in [-0.2, 0) is 14.8 Å². The van der Waals surface area contributed by atoms with E-state index < -0.39 is 19.2 Å². The van der Waals surface area contributed by atoms with Crippen molar-refractivity contribution in [1.29, 1.82) is 0 Å². The normalized spacial score (nSPS) is 14.2. The number of nitrogens with zero attached hydrogens (tertiary/aromatic N) is 4. The zero-order valence-corrected chi connectivity index (χ0v) is 14.1. The van der Waals surface area contributed by atoms with E-state index in [1.807, 2.05) is 18.2 Å². The maximum absolute atomic E-state index is 5.94. The van der Waals surface area contributed by atoms with E-state index >= 15 is 0 Å².